The Hall–Kier alpha value is -3.97. The molecule has 0 aromatic heterocycles. The van der Waals surface area contributed by atoms with Gasteiger partial charge in [0, 0.05) is 11.6 Å². The minimum Gasteiger partial charge on any atom is -0.507 e. The van der Waals surface area contributed by atoms with Gasteiger partial charge in [-0.2, -0.15) is 0 Å². The van der Waals surface area contributed by atoms with E-state index in [2.05, 4.69) is 0 Å². The number of aliphatic hydroxyl groups is 1. The highest BCUT2D eigenvalue weighted by Gasteiger charge is 2.46. The van der Waals surface area contributed by atoms with Gasteiger partial charge in [-0.3, -0.25) is 9.59 Å². The fourth-order valence-electron chi connectivity index (χ4n) is 4.40. The first-order valence-electron chi connectivity index (χ1n) is 11.7. The molecule has 1 unspecified atom stereocenters. The van der Waals surface area contributed by atoms with Crippen molar-refractivity contribution in [1.82, 2.24) is 4.90 Å². The summed E-state index contributed by atoms with van der Waals surface area (Å²) < 4.78 is 16.6. The van der Waals surface area contributed by atoms with E-state index in [-0.39, 0.29) is 29.5 Å². The molecule has 1 aliphatic heterocycles. The largest absolute Gasteiger partial charge is 0.507 e. The number of rotatable bonds is 8. The van der Waals surface area contributed by atoms with Gasteiger partial charge in [0.2, 0.25) is 0 Å². The minimum absolute atomic E-state index is 0.0195. The molecule has 4 rings (SSSR count). The summed E-state index contributed by atoms with van der Waals surface area (Å²) in [4.78, 5) is 28.2. The van der Waals surface area contributed by atoms with Gasteiger partial charge in [0.25, 0.3) is 11.7 Å². The number of aliphatic hydroxyl groups excluding tert-OH is 1. The monoisotopic (exact) mass is 521 g/mol. The van der Waals surface area contributed by atoms with Crippen molar-refractivity contribution in [3.05, 3.63) is 94.0 Å². The third-order valence-electron chi connectivity index (χ3n) is 5.99. The van der Waals surface area contributed by atoms with Crippen LogP contribution in [-0.2, 0) is 16.1 Å². The fraction of sp³-hybridized carbons (Fsp3) is 0.241. The van der Waals surface area contributed by atoms with Gasteiger partial charge in [-0.25, -0.2) is 0 Å². The van der Waals surface area contributed by atoms with Crippen LogP contribution in [0.3, 0.4) is 0 Å². The molecule has 192 valence electrons. The Bertz CT molecular complexity index is 1370. The number of carbonyl (C=O) groups excluding carboxylic acids is 2. The predicted molar refractivity (Wildman–Crippen MR) is 141 cm³/mol. The first kappa shape index (κ1) is 26.1. The molecular formula is C29H28ClNO6. The van der Waals surface area contributed by atoms with Gasteiger partial charge in [-0.05, 0) is 67.4 Å². The summed E-state index contributed by atoms with van der Waals surface area (Å²) in [7, 11) is 2.98. The molecule has 37 heavy (non-hydrogen) atoms. The Kier molecular flexibility index (Phi) is 7.74. The van der Waals surface area contributed by atoms with Gasteiger partial charge in [0.05, 0.1) is 37.5 Å². The Balaban J connectivity index is 1.87. The van der Waals surface area contributed by atoms with E-state index in [0.717, 1.165) is 5.56 Å². The van der Waals surface area contributed by atoms with Crippen LogP contribution in [0, 0.1) is 0 Å². The number of benzene rings is 3. The molecule has 0 saturated carbocycles. The van der Waals surface area contributed by atoms with Crippen molar-refractivity contribution in [2.75, 3.05) is 14.2 Å². The van der Waals surface area contributed by atoms with Crippen molar-refractivity contribution >= 4 is 29.1 Å². The van der Waals surface area contributed by atoms with E-state index in [1.54, 1.807) is 36.4 Å². The summed E-state index contributed by atoms with van der Waals surface area (Å²) in [6.45, 7) is 3.97. The van der Waals surface area contributed by atoms with Crippen molar-refractivity contribution in [3.8, 4) is 17.2 Å². The maximum absolute atomic E-state index is 13.4. The maximum Gasteiger partial charge on any atom is 0.295 e. The third-order valence-corrected chi connectivity index (χ3v) is 6.22. The van der Waals surface area contributed by atoms with Gasteiger partial charge in [0.15, 0.2) is 0 Å². The Morgan fingerprint density at radius 3 is 2.41 bits per heavy atom. The molecule has 8 heteroatoms. The molecule has 1 atom stereocenters. The fourth-order valence-corrected chi connectivity index (χ4v) is 4.57. The number of nitrogens with zero attached hydrogens (tertiary/aromatic N) is 1. The number of Topliss-reactive ketones (excluding diaryl/α,β-unsaturated/α-hetero) is 1. The molecule has 1 fully saturated rings. The summed E-state index contributed by atoms with van der Waals surface area (Å²) in [5, 5.41) is 11.8. The van der Waals surface area contributed by atoms with Crippen LogP contribution in [0.15, 0.2) is 72.3 Å². The normalized spacial score (nSPS) is 16.8. The number of likely N-dealkylation sites (tertiary alicyclic amines) is 1. The SMILES string of the molecule is COc1cccc(C2/C(=C(\O)c3cc(Cl)ccc3OC)C(=O)C(=O)N2Cc2cccc(OC(C)C)c2)c1. The predicted octanol–water partition coefficient (Wildman–Crippen LogP) is 5.77. The lowest BCUT2D eigenvalue weighted by molar-refractivity contribution is -0.140. The maximum atomic E-state index is 13.4. The molecule has 3 aromatic rings. The zero-order valence-electron chi connectivity index (χ0n) is 21.0. The van der Waals surface area contributed by atoms with Crippen LogP contribution in [0.2, 0.25) is 5.02 Å². The highest BCUT2D eigenvalue weighted by atomic mass is 35.5. The minimum atomic E-state index is -0.881. The van der Waals surface area contributed by atoms with E-state index in [1.807, 2.05) is 38.1 Å². The standard InChI is InChI=1S/C29H28ClNO6/c1-17(2)37-22-10-5-7-18(13-22)16-31-26(19-8-6-9-21(14-19)35-3)25(28(33)29(31)34)27(32)23-15-20(30)11-12-24(23)36-4/h5-15,17,26,32H,16H2,1-4H3/b27-25+. The van der Waals surface area contributed by atoms with Gasteiger partial charge in [-0.15, -0.1) is 0 Å². The van der Waals surface area contributed by atoms with Gasteiger partial charge < -0.3 is 24.2 Å². The van der Waals surface area contributed by atoms with Crippen LogP contribution < -0.4 is 14.2 Å². The molecule has 0 bridgehead atoms. The van der Waals surface area contributed by atoms with Gasteiger partial charge in [0.1, 0.15) is 23.0 Å². The van der Waals surface area contributed by atoms with Crippen LogP contribution in [0.5, 0.6) is 17.2 Å². The second-order valence-electron chi connectivity index (χ2n) is 8.86. The Labute approximate surface area is 220 Å². The number of carbonyl (C=O) groups is 2. The van der Waals surface area contributed by atoms with Crippen LogP contribution in [-0.4, -0.2) is 42.0 Å². The number of ether oxygens (including phenoxy) is 3. The molecule has 1 heterocycles. The van der Waals surface area contributed by atoms with E-state index < -0.39 is 17.7 Å². The first-order valence-corrected chi connectivity index (χ1v) is 12.1. The van der Waals surface area contributed by atoms with Crippen molar-refractivity contribution in [2.24, 2.45) is 0 Å². The number of methoxy groups -OCH3 is 2. The zero-order chi connectivity index (χ0) is 26.7. The molecule has 3 aromatic carbocycles. The number of hydrogen-bond donors (Lipinski definition) is 1. The summed E-state index contributed by atoms with van der Waals surface area (Å²) in [5.41, 5.74) is 1.53. The molecule has 1 amide bonds. The van der Waals surface area contributed by atoms with Gasteiger partial charge in [-0.1, -0.05) is 35.9 Å². The van der Waals surface area contributed by atoms with E-state index >= 15 is 0 Å². The van der Waals surface area contributed by atoms with Crippen LogP contribution in [0.4, 0.5) is 0 Å². The molecule has 1 N–H and O–H groups in total. The third kappa shape index (κ3) is 5.42. The Morgan fingerprint density at radius 1 is 0.973 bits per heavy atom. The van der Waals surface area contributed by atoms with Crippen molar-refractivity contribution < 1.29 is 28.9 Å². The molecule has 0 spiro atoms. The highest BCUT2D eigenvalue weighted by Crippen LogP contribution is 2.43. The van der Waals surface area contributed by atoms with Crippen molar-refractivity contribution in [2.45, 2.75) is 32.5 Å². The zero-order valence-corrected chi connectivity index (χ0v) is 21.8. The number of amides is 1. The smallest absolute Gasteiger partial charge is 0.295 e. The lowest BCUT2D eigenvalue weighted by Crippen LogP contribution is -2.29. The topological polar surface area (TPSA) is 85.3 Å². The molecular weight excluding hydrogens is 494 g/mol. The van der Waals surface area contributed by atoms with E-state index in [1.165, 1.54) is 25.2 Å². The quantitative estimate of drug-likeness (QED) is 0.230. The lowest BCUT2D eigenvalue weighted by atomic mass is 9.94. The van der Waals surface area contributed by atoms with Crippen LogP contribution in [0.1, 0.15) is 36.6 Å². The second-order valence-corrected chi connectivity index (χ2v) is 9.30. The van der Waals surface area contributed by atoms with E-state index in [0.29, 0.717) is 27.8 Å². The Morgan fingerprint density at radius 2 is 1.70 bits per heavy atom. The average Bonchev–Trinajstić information content (AvgIpc) is 3.13. The first-order chi connectivity index (χ1) is 17.7. The summed E-state index contributed by atoms with van der Waals surface area (Å²) in [6.07, 6.45) is -0.0195. The van der Waals surface area contributed by atoms with Crippen molar-refractivity contribution in [3.63, 3.8) is 0 Å². The van der Waals surface area contributed by atoms with Crippen LogP contribution in [0.25, 0.3) is 5.76 Å². The highest BCUT2D eigenvalue weighted by molar-refractivity contribution is 6.46. The molecule has 1 aliphatic rings. The average molecular weight is 522 g/mol. The second kappa shape index (κ2) is 11.0. The van der Waals surface area contributed by atoms with Gasteiger partial charge >= 0.3 is 0 Å². The summed E-state index contributed by atoms with van der Waals surface area (Å²) in [6, 6.07) is 18.2. The summed E-state index contributed by atoms with van der Waals surface area (Å²) >= 11 is 6.19. The summed E-state index contributed by atoms with van der Waals surface area (Å²) in [5.74, 6) is -0.380. The van der Waals surface area contributed by atoms with E-state index in [9.17, 15) is 14.7 Å². The number of hydrogen-bond acceptors (Lipinski definition) is 6. The lowest BCUT2D eigenvalue weighted by Gasteiger charge is -2.26. The molecule has 0 radical (unpaired) electrons. The molecule has 1 saturated heterocycles. The van der Waals surface area contributed by atoms with Crippen LogP contribution >= 0.6 is 11.6 Å². The van der Waals surface area contributed by atoms with Crippen molar-refractivity contribution in [1.29, 1.82) is 0 Å². The number of ketones is 1. The van der Waals surface area contributed by atoms with E-state index in [4.69, 9.17) is 25.8 Å². The molecule has 0 aliphatic carbocycles. The number of halogens is 1. The molecule has 7 nitrogen and oxygen atoms in total.